The van der Waals surface area contributed by atoms with E-state index in [9.17, 15) is 58.2 Å². The van der Waals surface area contributed by atoms with Crippen LogP contribution in [0.25, 0.3) is 0 Å². The summed E-state index contributed by atoms with van der Waals surface area (Å²) < 4.78 is 0. The molecule has 28 nitrogen and oxygen atoms in total. The number of carbonyl (C=O) groups is 12. The Hall–Kier alpha value is -9.96. The lowest BCUT2D eigenvalue weighted by Gasteiger charge is -2.32. The number of phenols is 2. The Morgan fingerprint density at radius 1 is 0.370 bits per heavy atom. The zero-order valence-corrected chi connectivity index (χ0v) is 57.6. The van der Waals surface area contributed by atoms with Crippen LogP contribution in [0.5, 0.6) is 11.5 Å². The molecular weight excluding hydrogens is 1280 g/mol. The van der Waals surface area contributed by atoms with Gasteiger partial charge in [0.05, 0.1) is 0 Å². The number of nitrogens with zero attached hydrogens (tertiary/aromatic N) is 2. The Morgan fingerprint density at radius 3 is 1.00 bits per heavy atom. The van der Waals surface area contributed by atoms with Crippen molar-refractivity contribution >= 4 is 70.9 Å². The predicted octanol–water partition coefficient (Wildman–Crippen LogP) is 0.0416. The number of aromatic hydroxyl groups is 2. The van der Waals surface area contributed by atoms with Gasteiger partial charge in [0.25, 0.3) is 0 Å². The number of benzene rings is 4. The minimum atomic E-state index is -1.41. The lowest BCUT2D eigenvalue weighted by Crippen LogP contribution is -2.62. The summed E-state index contributed by atoms with van der Waals surface area (Å²) >= 11 is 0. The first kappa shape index (κ1) is 77.4. The molecule has 28 heteroatoms. The molecule has 0 bridgehead atoms. The number of hydrogen-bond donors (Lipinski definition) is 14. The van der Waals surface area contributed by atoms with E-state index >= 15 is 9.59 Å². The van der Waals surface area contributed by atoms with Crippen molar-refractivity contribution in [3.8, 4) is 11.5 Å². The SMILES string of the molecule is CC(C)[C@@H]1NC(=O)[C@@H](Cc2ccc(O)cc2)NC(=O)[C@@H]2CCCN2C(=O)[C@@H](Cc2ccccc2)NC(=O)[C@H](C)NC(=O)[C@H](CCCN)NC(=O)[C@H](C(C)C)NC(=O)[C@@H](Cc2ccc(O)cc2)NC(=O)[C@@H]2CCCN2C(=O)[C@@H](Cc2ccccc2)NC(=O)[C@H](C)NC(=O)[C@H](CCCN)NC1=O. The Labute approximate surface area is 582 Å². The summed E-state index contributed by atoms with van der Waals surface area (Å²) in [6.07, 6.45) is 0.950. The summed E-state index contributed by atoms with van der Waals surface area (Å²) in [5, 5.41) is 47.8. The molecule has 0 unspecified atom stereocenters. The molecule has 7 rings (SSSR count). The van der Waals surface area contributed by atoms with Gasteiger partial charge in [-0.2, -0.15) is 0 Å². The molecular formula is C72H98N14O14. The van der Waals surface area contributed by atoms with E-state index in [0.717, 1.165) is 0 Å². The molecule has 16 N–H and O–H groups in total. The summed E-state index contributed by atoms with van der Waals surface area (Å²) in [4.78, 5) is 178. The monoisotopic (exact) mass is 1380 g/mol. The van der Waals surface area contributed by atoms with Crippen molar-refractivity contribution in [1.29, 1.82) is 0 Å². The molecule has 3 fully saturated rings. The van der Waals surface area contributed by atoms with Gasteiger partial charge in [-0.25, -0.2) is 0 Å². The molecule has 540 valence electrons. The molecule has 3 heterocycles. The van der Waals surface area contributed by atoms with E-state index in [2.05, 4.69) is 53.2 Å². The summed E-state index contributed by atoms with van der Waals surface area (Å²) in [5.74, 6) is -10.6. The van der Waals surface area contributed by atoms with Gasteiger partial charge in [-0.15, -0.1) is 0 Å². The highest BCUT2D eigenvalue weighted by molar-refractivity contribution is 6.00. The largest absolute Gasteiger partial charge is 0.508 e. The van der Waals surface area contributed by atoms with Crippen LogP contribution < -0.4 is 64.6 Å². The smallest absolute Gasteiger partial charge is 0.246 e. The molecule has 0 aliphatic carbocycles. The van der Waals surface area contributed by atoms with Gasteiger partial charge in [-0.1, -0.05) is 113 Å². The molecule has 4 aromatic carbocycles. The minimum absolute atomic E-state index is 0.0164. The molecule has 3 aliphatic rings. The van der Waals surface area contributed by atoms with Crippen LogP contribution in [0.15, 0.2) is 109 Å². The molecule has 12 atom stereocenters. The summed E-state index contributed by atoms with van der Waals surface area (Å²) in [5.41, 5.74) is 14.1. The van der Waals surface area contributed by atoms with Crippen molar-refractivity contribution < 1.29 is 67.7 Å². The first-order valence-electron chi connectivity index (χ1n) is 34.4. The highest BCUT2D eigenvalue weighted by Crippen LogP contribution is 2.24. The zero-order chi connectivity index (χ0) is 72.7. The van der Waals surface area contributed by atoms with Crippen molar-refractivity contribution in [2.24, 2.45) is 23.3 Å². The van der Waals surface area contributed by atoms with Crippen LogP contribution in [-0.2, 0) is 83.2 Å². The second kappa shape index (κ2) is 37.3. The highest BCUT2D eigenvalue weighted by atomic mass is 16.3. The number of rotatable bonds is 16. The molecule has 4 aromatic rings. The van der Waals surface area contributed by atoms with Crippen LogP contribution in [0, 0.1) is 11.8 Å². The molecule has 0 spiro atoms. The van der Waals surface area contributed by atoms with E-state index < -0.39 is 155 Å². The van der Waals surface area contributed by atoms with Crippen LogP contribution in [0.1, 0.15) is 115 Å². The Balaban J connectivity index is 1.25. The van der Waals surface area contributed by atoms with E-state index in [1.807, 2.05) is 0 Å². The normalized spacial score (nSPS) is 25.8. The number of hydrogen-bond acceptors (Lipinski definition) is 16. The average molecular weight is 1380 g/mol. The highest BCUT2D eigenvalue weighted by Gasteiger charge is 2.43. The maximum absolute atomic E-state index is 15.0. The number of carbonyl (C=O) groups excluding carboxylic acids is 12. The summed E-state index contributed by atoms with van der Waals surface area (Å²) in [6, 6.07) is 13.5. The quantitative estimate of drug-likeness (QED) is 0.0704. The lowest BCUT2D eigenvalue weighted by atomic mass is 9.99. The van der Waals surface area contributed by atoms with Gasteiger partial charge in [0.1, 0.15) is 84.0 Å². The number of fused-ring (bicyclic) bond motifs is 2. The fourth-order valence-corrected chi connectivity index (χ4v) is 12.4. The number of phenolic OH excluding ortho intramolecular Hbond substituents is 2. The van der Waals surface area contributed by atoms with Gasteiger partial charge < -0.3 is 84.6 Å². The predicted molar refractivity (Wildman–Crippen MR) is 370 cm³/mol. The van der Waals surface area contributed by atoms with Crippen molar-refractivity contribution in [3.63, 3.8) is 0 Å². The second-order valence-electron chi connectivity index (χ2n) is 26.6. The average Bonchev–Trinajstić information content (AvgIpc) is 1.57. The zero-order valence-electron chi connectivity index (χ0n) is 57.6. The van der Waals surface area contributed by atoms with Crippen LogP contribution in [0.3, 0.4) is 0 Å². The number of nitrogens with two attached hydrogens (primary N) is 2. The molecule has 0 saturated carbocycles. The fourth-order valence-electron chi connectivity index (χ4n) is 12.4. The molecule has 0 aromatic heterocycles. The summed E-state index contributed by atoms with van der Waals surface area (Å²) in [7, 11) is 0. The lowest BCUT2D eigenvalue weighted by molar-refractivity contribution is -0.142. The van der Waals surface area contributed by atoms with Gasteiger partial charge in [0.2, 0.25) is 70.9 Å². The topological polar surface area (TPSA) is 424 Å². The van der Waals surface area contributed by atoms with Gasteiger partial charge in [-0.05, 0) is 137 Å². The first-order valence-corrected chi connectivity index (χ1v) is 34.4. The van der Waals surface area contributed by atoms with E-state index in [4.69, 9.17) is 11.5 Å². The maximum Gasteiger partial charge on any atom is 0.246 e. The van der Waals surface area contributed by atoms with Gasteiger partial charge in [0, 0.05) is 38.8 Å². The minimum Gasteiger partial charge on any atom is -0.508 e. The second-order valence-corrected chi connectivity index (χ2v) is 26.6. The summed E-state index contributed by atoms with van der Waals surface area (Å²) in [6.45, 7) is 9.72. The molecule has 3 saturated heterocycles. The van der Waals surface area contributed by atoms with Gasteiger partial charge in [0.15, 0.2) is 0 Å². The maximum atomic E-state index is 15.0. The Bertz CT molecular complexity index is 3260. The van der Waals surface area contributed by atoms with E-state index in [0.29, 0.717) is 35.1 Å². The molecule has 3 aliphatic heterocycles. The number of nitrogens with one attached hydrogen (secondary N) is 10. The van der Waals surface area contributed by atoms with Gasteiger partial charge in [-0.3, -0.25) is 57.5 Å². The van der Waals surface area contributed by atoms with Crippen molar-refractivity contribution in [2.75, 3.05) is 26.2 Å². The van der Waals surface area contributed by atoms with Gasteiger partial charge >= 0.3 is 0 Å². The number of amides is 12. The Kier molecular flexibility index (Phi) is 28.9. The van der Waals surface area contributed by atoms with Crippen molar-refractivity contribution in [1.82, 2.24) is 63.0 Å². The molecule has 100 heavy (non-hydrogen) atoms. The first-order chi connectivity index (χ1) is 47.7. The van der Waals surface area contributed by atoms with Crippen LogP contribution in [0.4, 0.5) is 0 Å². The van der Waals surface area contributed by atoms with E-state index in [1.165, 1.54) is 47.9 Å². The van der Waals surface area contributed by atoms with Crippen molar-refractivity contribution in [3.05, 3.63) is 131 Å². The Morgan fingerprint density at radius 2 is 0.670 bits per heavy atom. The fraction of sp³-hybridized carbons (Fsp3) is 0.500. The third-order valence-corrected chi connectivity index (χ3v) is 18.1. The van der Waals surface area contributed by atoms with E-state index in [-0.39, 0.29) is 102 Å². The van der Waals surface area contributed by atoms with E-state index in [1.54, 1.807) is 113 Å². The third-order valence-electron chi connectivity index (χ3n) is 18.1. The van der Waals surface area contributed by atoms with Crippen molar-refractivity contribution in [2.45, 2.75) is 191 Å². The third kappa shape index (κ3) is 22.0. The van der Waals surface area contributed by atoms with Crippen LogP contribution in [0.2, 0.25) is 0 Å². The molecule has 12 amide bonds. The van der Waals surface area contributed by atoms with Crippen LogP contribution in [-0.4, -0.2) is 190 Å². The van der Waals surface area contributed by atoms with Crippen LogP contribution >= 0.6 is 0 Å². The molecule has 0 radical (unpaired) electrons. The standard InChI is InChI=1S/C72H98N14O14/c1-41(2)59-69(97)77-51(21-13-33-73)63(91)75-43(5)61(89)81-56(40-46-19-11-8-12-20-46)72(100)86-36-16-24-58(86)68(96)80-54(38-48-27-31-50(88)32-28-48)66(94)84-60(42(3)4)70(98)78-52(22-14-34-74)64(92)76-44(6)62(90)82-55(39-45-17-9-7-10-18-45)71(99)85-35-15-23-57(85)67(95)79-53(65(93)83-59)37-47-25-29-49(87)30-26-47/h7-12,17-20,25-32,41-44,51-60,87-88H,13-16,21-24,33-40,73-74H2,1-6H3,(H,75,91)(H,76,92)(H,77,97)(H,78,98)(H,79,95)(H,80,96)(H,81,89)(H,82,90)(H,83,93)(H,84,94)/t43-,44-,51-,52-,53+,54+,55+,56+,57-,58-,59-,60-/m0/s1.